The lowest BCUT2D eigenvalue weighted by Crippen LogP contribution is -2.33. The highest BCUT2D eigenvalue weighted by atomic mass is 16.2. The molecule has 0 aliphatic carbocycles. The van der Waals surface area contributed by atoms with Gasteiger partial charge in [-0.3, -0.25) is 9.59 Å². The first-order valence-electron chi connectivity index (χ1n) is 10.4. The van der Waals surface area contributed by atoms with Crippen LogP contribution >= 0.6 is 0 Å². The Labute approximate surface area is 183 Å². The topological polar surface area (TPSA) is 49.4 Å². The van der Waals surface area contributed by atoms with Gasteiger partial charge >= 0.3 is 0 Å². The number of carbonyl (C=O) groups is 2. The fourth-order valence-corrected chi connectivity index (χ4v) is 4.02. The summed E-state index contributed by atoms with van der Waals surface area (Å²) in [4.78, 5) is 28.5. The molecule has 0 atom stereocenters. The van der Waals surface area contributed by atoms with Crippen molar-refractivity contribution in [3.05, 3.63) is 99.7 Å². The molecule has 1 aliphatic heterocycles. The van der Waals surface area contributed by atoms with Gasteiger partial charge in [-0.15, -0.1) is 0 Å². The number of hydrogen-bond donors (Lipinski definition) is 1. The van der Waals surface area contributed by atoms with Crippen molar-refractivity contribution in [2.24, 2.45) is 0 Å². The SMILES string of the molecule is Cc1ccc(C2=C(Nc3cc(C)cc(C)c3)C(=O)N(c3cccc(C)c3C)C2=O)cc1. The molecule has 4 heteroatoms. The molecule has 156 valence electrons. The summed E-state index contributed by atoms with van der Waals surface area (Å²) in [5.41, 5.74) is 8.06. The predicted molar refractivity (Wildman–Crippen MR) is 126 cm³/mol. The molecule has 4 rings (SSSR count). The summed E-state index contributed by atoms with van der Waals surface area (Å²) in [5, 5.41) is 3.27. The van der Waals surface area contributed by atoms with Gasteiger partial charge in [-0.1, -0.05) is 48.0 Å². The lowest BCUT2D eigenvalue weighted by atomic mass is 10.0. The molecule has 1 aliphatic rings. The van der Waals surface area contributed by atoms with Crippen LogP contribution in [0.1, 0.15) is 33.4 Å². The van der Waals surface area contributed by atoms with Crippen LogP contribution in [0.15, 0.2) is 66.4 Å². The maximum atomic E-state index is 13.6. The molecular weight excluding hydrogens is 384 g/mol. The van der Waals surface area contributed by atoms with Crippen LogP contribution < -0.4 is 10.2 Å². The third-order valence-corrected chi connectivity index (χ3v) is 5.73. The van der Waals surface area contributed by atoms with E-state index in [1.807, 2.05) is 89.2 Å². The van der Waals surface area contributed by atoms with Crippen molar-refractivity contribution in [1.29, 1.82) is 0 Å². The van der Waals surface area contributed by atoms with E-state index >= 15 is 0 Å². The van der Waals surface area contributed by atoms with E-state index in [0.29, 0.717) is 17.0 Å². The molecule has 1 heterocycles. The highest BCUT2D eigenvalue weighted by molar-refractivity contribution is 6.46. The second-order valence-corrected chi connectivity index (χ2v) is 8.28. The molecule has 4 nitrogen and oxygen atoms in total. The molecule has 31 heavy (non-hydrogen) atoms. The average Bonchev–Trinajstić information content (AvgIpc) is 2.94. The summed E-state index contributed by atoms with van der Waals surface area (Å²) in [6.07, 6.45) is 0. The van der Waals surface area contributed by atoms with Crippen molar-refractivity contribution in [3.63, 3.8) is 0 Å². The average molecular weight is 411 g/mol. The summed E-state index contributed by atoms with van der Waals surface area (Å²) < 4.78 is 0. The van der Waals surface area contributed by atoms with E-state index < -0.39 is 0 Å². The van der Waals surface area contributed by atoms with Gasteiger partial charge in [0.25, 0.3) is 11.8 Å². The third-order valence-electron chi connectivity index (χ3n) is 5.73. The normalized spacial score (nSPS) is 13.9. The van der Waals surface area contributed by atoms with Gasteiger partial charge in [0.2, 0.25) is 0 Å². The summed E-state index contributed by atoms with van der Waals surface area (Å²) in [6.45, 7) is 9.94. The minimum absolute atomic E-state index is 0.305. The van der Waals surface area contributed by atoms with E-state index in [1.54, 1.807) is 0 Å². The van der Waals surface area contributed by atoms with Crippen LogP contribution in [0.5, 0.6) is 0 Å². The van der Waals surface area contributed by atoms with Gasteiger partial charge in [0.05, 0.1) is 11.3 Å². The highest BCUT2D eigenvalue weighted by Gasteiger charge is 2.40. The van der Waals surface area contributed by atoms with Gasteiger partial charge in [0.15, 0.2) is 0 Å². The zero-order valence-corrected chi connectivity index (χ0v) is 18.5. The smallest absolute Gasteiger partial charge is 0.282 e. The standard InChI is InChI=1S/C27H26N2O2/c1-16-9-11-21(12-10-16)24-25(28-22-14-17(2)13-18(3)15-22)27(31)29(26(24)30)23-8-6-7-19(4)20(23)5/h6-15,28H,1-5H3. The molecule has 0 aromatic heterocycles. The molecule has 1 N–H and O–H groups in total. The van der Waals surface area contributed by atoms with Crippen LogP contribution in [-0.2, 0) is 9.59 Å². The van der Waals surface area contributed by atoms with Crippen molar-refractivity contribution in [2.75, 3.05) is 10.2 Å². The fourth-order valence-electron chi connectivity index (χ4n) is 4.02. The Kier molecular flexibility index (Phi) is 5.24. The number of imide groups is 1. The Balaban J connectivity index is 1.86. The number of nitrogens with zero attached hydrogens (tertiary/aromatic N) is 1. The summed E-state index contributed by atoms with van der Waals surface area (Å²) in [5.74, 6) is -0.650. The maximum Gasteiger partial charge on any atom is 0.282 e. The predicted octanol–water partition coefficient (Wildman–Crippen LogP) is 5.63. The lowest BCUT2D eigenvalue weighted by molar-refractivity contribution is -0.120. The molecule has 3 aromatic rings. The minimum atomic E-state index is -0.339. The molecular formula is C27H26N2O2. The molecule has 3 aromatic carbocycles. The molecule has 2 amide bonds. The van der Waals surface area contributed by atoms with Gasteiger partial charge in [0, 0.05) is 5.69 Å². The van der Waals surface area contributed by atoms with Gasteiger partial charge in [-0.25, -0.2) is 4.90 Å². The van der Waals surface area contributed by atoms with Crippen LogP contribution in [-0.4, -0.2) is 11.8 Å². The summed E-state index contributed by atoms with van der Waals surface area (Å²) in [6, 6.07) is 19.4. The Morgan fingerprint density at radius 3 is 2.00 bits per heavy atom. The first-order valence-corrected chi connectivity index (χ1v) is 10.4. The second-order valence-electron chi connectivity index (χ2n) is 8.28. The van der Waals surface area contributed by atoms with Crippen LogP contribution in [0.2, 0.25) is 0 Å². The van der Waals surface area contributed by atoms with Crippen molar-refractivity contribution >= 4 is 28.8 Å². The first kappa shape index (κ1) is 20.6. The zero-order chi connectivity index (χ0) is 22.3. The van der Waals surface area contributed by atoms with Crippen LogP contribution in [0.25, 0.3) is 5.57 Å². The molecule has 0 bridgehead atoms. The Morgan fingerprint density at radius 2 is 1.35 bits per heavy atom. The van der Waals surface area contributed by atoms with Crippen molar-refractivity contribution < 1.29 is 9.59 Å². The Hall–Kier alpha value is -3.66. The summed E-state index contributed by atoms with van der Waals surface area (Å²) in [7, 11) is 0. The number of anilines is 2. The van der Waals surface area contributed by atoms with Crippen LogP contribution in [0.4, 0.5) is 11.4 Å². The number of amides is 2. The molecule has 0 saturated carbocycles. The van der Waals surface area contributed by atoms with Gasteiger partial charge in [-0.2, -0.15) is 0 Å². The molecule has 0 radical (unpaired) electrons. The van der Waals surface area contributed by atoms with E-state index in [1.165, 1.54) is 4.90 Å². The van der Waals surface area contributed by atoms with Gasteiger partial charge in [0.1, 0.15) is 5.70 Å². The number of rotatable bonds is 4. The highest BCUT2D eigenvalue weighted by Crippen LogP contribution is 2.36. The Morgan fingerprint density at radius 1 is 0.710 bits per heavy atom. The van der Waals surface area contributed by atoms with Crippen LogP contribution in [0.3, 0.4) is 0 Å². The van der Waals surface area contributed by atoms with Gasteiger partial charge < -0.3 is 5.32 Å². The van der Waals surface area contributed by atoms with Crippen molar-refractivity contribution in [2.45, 2.75) is 34.6 Å². The lowest BCUT2D eigenvalue weighted by Gasteiger charge is -2.19. The second kappa shape index (κ2) is 7.88. The molecule has 0 unspecified atom stereocenters. The largest absolute Gasteiger partial charge is 0.350 e. The minimum Gasteiger partial charge on any atom is -0.350 e. The fraction of sp³-hybridized carbons (Fsp3) is 0.185. The van der Waals surface area contributed by atoms with E-state index in [4.69, 9.17) is 0 Å². The van der Waals surface area contributed by atoms with E-state index in [9.17, 15) is 9.59 Å². The quantitative estimate of drug-likeness (QED) is 0.568. The first-order chi connectivity index (χ1) is 14.8. The zero-order valence-electron chi connectivity index (χ0n) is 18.5. The van der Waals surface area contributed by atoms with Crippen molar-refractivity contribution in [1.82, 2.24) is 0 Å². The number of hydrogen-bond acceptors (Lipinski definition) is 3. The van der Waals surface area contributed by atoms with E-state index in [2.05, 4.69) is 11.4 Å². The van der Waals surface area contributed by atoms with E-state index in [-0.39, 0.29) is 11.8 Å². The number of nitrogens with one attached hydrogen (secondary N) is 1. The van der Waals surface area contributed by atoms with Gasteiger partial charge in [-0.05, 0) is 80.6 Å². The van der Waals surface area contributed by atoms with Crippen molar-refractivity contribution in [3.8, 4) is 0 Å². The Bertz CT molecular complexity index is 1220. The summed E-state index contributed by atoms with van der Waals surface area (Å²) >= 11 is 0. The molecule has 0 saturated heterocycles. The number of benzene rings is 3. The molecule has 0 spiro atoms. The number of aryl methyl sites for hydroxylation is 4. The van der Waals surface area contributed by atoms with Crippen LogP contribution in [0, 0.1) is 34.6 Å². The number of carbonyl (C=O) groups excluding carboxylic acids is 2. The monoisotopic (exact) mass is 410 g/mol. The third kappa shape index (κ3) is 3.77. The maximum absolute atomic E-state index is 13.6. The van der Waals surface area contributed by atoms with E-state index in [0.717, 1.165) is 39.1 Å². The molecule has 0 fully saturated rings.